The van der Waals surface area contributed by atoms with Crippen LogP contribution < -0.4 is 0 Å². The van der Waals surface area contributed by atoms with Gasteiger partial charge < -0.3 is 4.57 Å². The quantitative estimate of drug-likeness (QED) is 0.710. The third kappa shape index (κ3) is 1.51. The maximum absolute atomic E-state index is 3.69. The van der Waals surface area contributed by atoms with E-state index in [0.29, 0.717) is 6.04 Å². The topological polar surface area (TPSA) is 4.93 Å². The molecule has 2 heteroatoms. The van der Waals surface area contributed by atoms with Gasteiger partial charge >= 0.3 is 0 Å². The first-order chi connectivity index (χ1) is 7.04. The van der Waals surface area contributed by atoms with Crippen molar-refractivity contribution in [3.63, 3.8) is 0 Å². The van der Waals surface area contributed by atoms with Crippen molar-refractivity contribution in [2.45, 2.75) is 33.7 Å². The summed E-state index contributed by atoms with van der Waals surface area (Å²) in [4.78, 5) is 0. The van der Waals surface area contributed by atoms with Gasteiger partial charge in [-0.15, -0.1) is 0 Å². The van der Waals surface area contributed by atoms with Gasteiger partial charge in [-0.2, -0.15) is 0 Å². The van der Waals surface area contributed by atoms with Crippen LogP contribution in [-0.4, -0.2) is 4.57 Å². The minimum absolute atomic E-state index is 0.484. The predicted octanol–water partition coefficient (Wildman–Crippen LogP) is 4.60. The van der Waals surface area contributed by atoms with E-state index in [1.807, 2.05) is 0 Å². The van der Waals surface area contributed by atoms with Crippen LogP contribution in [0.15, 0.2) is 22.8 Å². The Labute approximate surface area is 99.2 Å². The second-order valence-corrected chi connectivity index (χ2v) is 5.10. The number of fused-ring (bicyclic) bond motifs is 1. The van der Waals surface area contributed by atoms with Crippen molar-refractivity contribution in [2.24, 2.45) is 0 Å². The zero-order valence-electron chi connectivity index (χ0n) is 9.63. The molecule has 0 aliphatic rings. The molecule has 0 spiro atoms. The Balaban J connectivity index is 2.94. The lowest BCUT2D eigenvalue weighted by Crippen LogP contribution is -2.00. The van der Waals surface area contributed by atoms with E-state index < -0.39 is 0 Å². The molecule has 0 saturated heterocycles. The van der Waals surface area contributed by atoms with E-state index >= 15 is 0 Å². The molecule has 80 valence electrons. The van der Waals surface area contributed by atoms with Gasteiger partial charge in [0.2, 0.25) is 0 Å². The Hall–Kier alpha value is -0.760. The molecule has 0 N–H and O–H groups in total. The van der Waals surface area contributed by atoms with Gasteiger partial charge in [-0.3, -0.25) is 0 Å². The number of benzene rings is 1. The van der Waals surface area contributed by atoms with Crippen LogP contribution in [-0.2, 0) is 0 Å². The van der Waals surface area contributed by atoms with E-state index in [1.165, 1.54) is 26.6 Å². The van der Waals surface area contributed by atoms with Gasteiger partial charge in [0.05, 0.1) is 4.60 Å². The minimum Gasteiger partial charge on any atom is -0.332 e. The summed E-state index contributed by atoms with van der Waals surface area (Å²) in [6.45, 7) is 8.78. The number of aromatic nitrogens is 1. The Morgan fingerprint density at radius 2 is 1.87 bits per heavy atom. The van der Waals surface area contributed by atoms with Gasteiger partial charge in [0.25, 0.3) is 0 Å². The zero-order valence-corrected chi connectivity index (χ0v) is 11.2. The van der Waals surface area contributed by atoms with Crippen molar-refractivity contribution in [3.05, 3.63) is 33.9 Å². The fourth-order valence-electron chi connectivity index (χ4n) is 2.24. The van der Waals surface area contributed by atoms with E-state index in [1.54, 1.807) is 0 Å². The Kier molecular flexibility index (Phi) is 2.63. The molecule has 0 aliphatic heterocycles. The Morgan fingerprint density at radius 1 is 1.20 bits per heavy atom. The van der Waals surface area contributed by atoms with Crippen LogP contribution >= 0.6 is 15.9 Å². The smallest absolute Gasteiger partial charge is 0.0889 e. The van der Waals surface area contributed by atoms with Crippen LogP contribution in [0.1, 0.15) is 31.0 Å². The van der Waals surface area contributed by atoms with Gasteiger partial charge in [-0.25, -0.2) is 0 Å². The van der Waals surface area contributed by atoms with E-state index in [4.69, 9.17) is 0 Å². The first-order valence-electron chi connectivity index (χ1n) is 5.29. The number of nitrogens with zero attached hydrogens (tertiary/aromatic N) is 1. The zero-order chi connectivity index (χ0) is 11.2. The normalized spacial score (nSPS) is 11.6. The highest BCUT2D eigenvalue weighted by molar-refractivity contribution is 9.10. The molecule has 0 aliphatic carbocycles. The molecular formula is C13H16BrN. The number of aryl methyl sites for hydroxylation is 2. The van der Waals surface area contributed by atoms with Crippen LogP contribution in [0.4, 0.5) is 0 Å². The van der Waals surface area contributed by atoms with Crippen LogP contribution in [0.25, 0.3) is 10.9 Å². The number of halogens is 1. The molecule has 0 atom stereocenters. The molecule has 15 heavy (non-hydrogen) atoms. The molecule has 0 bridgehead atoms. The summed E-state index contributed by atoms with van der Waals surface area (Å²) in [5.41, 5.74) is 4.02. The summed E-state index contributed by atoms with van der Waals surface area (Å²) >= 11 is 3.69. The first kappa shape index (κ1) is 10.7. The third-order valence-corrected chi connectivity index (χ3v) is 3.90. The standard InChI is InChI=1S/C13H16BrN/c1-8(2)15-11-7-5-6-9(3)12(11)10(4)13(15)14/h5-8H,1-4H3. The van der Waals surface area contributed by atoms with E-state index in [2.05, 4.69) is 66.4 Å². The Morgan fingerprint density at radius 3 is 2.47 bits per heavy atom. The van der Waals surface area contributed by atoms with Crippen LogP contribution in [0.5, 0.6) is 0 Å². The van der Waals surface area contributed by atoms with Gasteiger partial charge in [0.1, 0.15) is 0 Å². The van der Waals surface area contributed by atoms with Crippen molar-refractivity contribution >= 4 is 26.8 Å². The SMILES string of the molecule is Cc1cccc2c1c(C)c(Br)n2C(C)C. The second kappa shape index (κ2) is 3.67. The van der Waals surface area contributed by atoms with Gasteiger partial charge in [-0.1, -0.05) is 12.1 Å². The highest BCUT2D eigenvalue weighted by atomic mass is 79.9. The lowest BCUT2D eigenvalue weighted by Gasteiger charge is -2.11. The van der Waals surface area contributed by atoms with Gasteiger partial charge in [0.15, 0.2) is 0 Å². The molecule has 2 aromatic rings. The maximum atomic E-state index is 3.69. The summed E-state index contributed by atoms with van der Waals surface area (Å²) < 4.78 is 3.55. The maximum Gasteiger partial charge on any atom is 0.0889 e. The molecule has 0 saturated carbocycles. The highest BCUT2D eigenvalue weighted by Crippen LogP contribution is 2.34. The monoisotopic (exact) mass is 265 g/mol. The van der Waals surface area contributed by atoms with Crippen molar-refractivity contribution < 1.29 is 0 Å². The molecular weight excluding hydrogens is 250 g/mol. The number of rotatable bonds is 1. The summed E-state index contributed by atoms with van der Waals surface area (Å²) in [6.07, 6.45) is 0. The predicted molar refractivity (Wildman–Crippen MR) is 69.5 cm³/mol. The largest absolute Gasteiger partial charge is 0.332 e. The molecule has 1 aromatic heterocycles. The van der Waals surface area contributed by atoms with E-state index in [0.717, 1.165) is 0 Å². The molecule has 0 radical (unpaired) electrons. The molecule has 1 nitrogen and oxygen atoms in total. The summed E-state index contributed by atoms with van der Waals surface area (Å²) in [5, 5.41) is 1.39. The van der Waals surface area contributed by atoms with Crippen molar-refractivity contribution in [1.82, 2.24) is 4.57 Å². The van der Waals surface area contributed by atoms with Crippen molar-refractivity contribution in [3.8, 4) is 0 Å². The molecule has 0 unspecified atom stereocenters. The highest BCUT2D eigenvalue weighted by Gasteiger charge is 2.14. The number of hydrogen-bond acceptors (Lipinski definition) is 0. The molecule has 1 heterocycles. The van der Waals surface area contributed by atoms with Crippen LogP contribution in [0.2, 0.25) is 0 Å². The molecule has 1 aromatic carbocycles. The van der Waals surface area contributed by atoms with Gasteiger partial charge in [-0.05, 0) is 60.8 Å². The van der Waals surface area contributed by atoms with Crippen molar-refractivity contribution in [1.29, 1.82) is 0 Å². The fraction of sp³-hybridized carbons (Fsp3) is 0.385. The van der Waals surface area contributed by atoms with E-state index in [-0.39, 0.29) is 0 Å². The summed E-state index contributed by atoms with van der Waals surface area (Å²) in [6, 6.07) is 6.98. The van der Waals surface area contributed by atoms with Gasteiger partial charge in [0, 0.05) is 16.9 Å². The first-order valence-corrected chi connectivity index (χ1v) is 6.09. The molecule has 0 fully saturated rings. The number of hydrogen-bond donors (Lipinski definition) is 0. The van der Waals surface area contributed by atoms with E-state index in [9.17, 15) is 0 Å². The summed E-state index contributed by atoms with van der Waals surface area (Å²) in [5.74, 6) is 0. The lowest BCUT2D eigenvalue weighted by molar-refractivity contribution is 0.610. The minimum atomic E-state index is 0.484. The summed E-state index contributed by atoms with van der Waals surface area (Å²) in [7, 11) is 0. The van der Waals surface area contributed by atoms with Crippen molar-refractivity contribution in [2.75, 3.05) is 0 Å². The Bertz CT molecular complexity index is 509. The van der Waals surface area contributed by atoms with Crippen LogP contribution in [0.3, 0.4) is 0 Å². The molecule has 2 rings (SSSR count). The molecule has 0 amide bonds. The average Bonchev–Trinajstić information content (AvgIpc) is 2.41. The van der Waals surface area contributed by atoms with Crippen LogP contribution in [0, 0.1) is 13.8 Å². The average molecular weight is 266 g/mol. The fourth-order valence-corrected chi connectivity index (χ4v) is 3.03. The second-order valence-electron chi connectivity index (χ2n) is 4.35. The lowest BCUT2D eigenvalue weighted by atomic mass is 10.1. The third-order valence-electron chi connectivity index (χ3n) is 2.92.